The zero-order chi connectivity index (χ0) is 11.2. The third-order valence-electron chi connectivity index (χ3n) is 2.47. The van der Waals surface area contributed by atoms with Crippen molar-refractivity contribution in [2.45, 2.75) is 58.3 Å². The van der Waals surface area contributed by atoms with Crippen LogP contribution in [0.3, 0.4) is 0 Å². The zero-order valence-corrected chi connectivity index (χ0v) is 10.2. The Balaban J connectivity index is 2.95. The van der Waals surface area contributed by atoms with Gasteiger partial charge in [0.1, 0.15) is 0 Å². The molecule has 2 N–H and O–H groups in total. The number of unbranched alkanes of at least 4 members (excludes halogenated alkanes) is 7. The topological polar surface area (TPSA) is 32.3 Å². The molecule has 0 aromatic heterocycles. The molecular weight excluding hydrogens is 186 g/mol. The van der Waals surface area contributed by atoms with Crippen LogP contribution >= 0.6 is 0 Å². The molecule has 0 aromatic carbocycles. The third kappa shape index (κ3) is 13.5. The van der Waals surface area contributed by atoms with Crippen molar-refractivity contribution in [1.82, 2.24) is 5.32 Å². The molecule has 0 spiro atoms. The Morgan fingerprint density at radius 3 is 2.33 bits per heavy atom. The lowest BCUT2D eigenvalue weighted by atomic mass is 10.1. The van der Waals surface area contributed by atoms with E-state index >= 15 is 0 Å². The average molecular weight is 213 g/mol. The summed E-state index contributed by atoms with van der Waals surface area (Å²) >= 11 is 0. The highest BCUT2D eigenvalue weighted by atomic mass is 16.3. The molecule has 2 nitrogen and oxygen atoms in total. The van der Waals surface area contributed by atoms with Crippen LogP contribution in [0.5, 0.6) is 0 Å². The van der Waals surface area contributed by atoms with Crippen LogP contribution in [-0.2, 0) is 0 Å². The molecule has 0 aliphatic rings. The largest absolute Gasteiger partial charge is 0.395 e. The van der Waals surface area contributed by atoms with E-state index in [0.29, 0.717) is 6.54 Å². The number of aliphatic hydroxyl groups is 1. The fraction of sp³-hybridized carbons (Fsp3) is 0.846. The number of aliphatic hydroxyl groups excluding tert-OH is 1. The van der Waals surface area contributed by atoms with E-state index in [0.717, 1.165) is 6.42 Å². The normalized spacial score (nSPS) is 11.1. The maximum atomic E-state index is 8.51. The molecular formula is C13H27NO. The van der Waals surface area contributed by atoms with Crippen LogP contribution in [0, 0.1) is 0 Å². The molecule has 15 heavy (non-hydrogen) atoms. The maximum absolute atomic E-state index is 8.51. The first-order chi connectivity index (χ1) is 7.41. The fourth-order valence-electron chi connectivity index (χ4n) is 1.53. The average Bonchev–Trinajstić information content (AvgIpc) is 2.26. The first-order valence-electron chi connectivity index (χ1n) is 6.41. The first-order valence-corrected chi connectivity index (χ1v) is 6.41. The second kappa shape index (κ2) is 13.5. The Bertz CT molecular complexity index is 134. The summed E-state index contributed by atoms with van der Waals surface area (Å²) in [5, 5.41) is 11.5. The van der Waals surface area contributed by atoms with Crippen LogP contribution in [0.25, 0.3) is 0 Å². The van der Waals surface area contributed by atoms with E-state index in [2.05, 4.69) is 18.3 Å². The van der Waals surface area contributed by atoms with Crippen molar-refractivity contribution < 1.29 is 5.11 Å². The van der Waals surface area contributed by atoms with Crippen molar-refractivity contribution in [2.24, 2.45) is 0 Å². The van der Waals surface area contributed by atoms with Crippen molar-refractivity contribution >= 4 is 0 Å². The summed E-state index contributed by atoms with van der Waals surface area (Å²) in [7, 11) is 0. The Hall–Kier alpha value is -0.500. The van der Waals surface area contributed by atoms with E-state index in [1.807, 2.05) is 6.20 Å². The highest BCUT2D eigenvalue weighted by molar-refractivity contribution is 4.78. The van der Waals surface area contributed by atoms with Crippen molar-refractivity contribution in [3.8, 4) is 0 Å². The monoisotopic (exact) mass is 213 g/mol. The molecule has 0 amide bonds. The molecule has 0 radical (unpaired) electrons. The van der Waals surface area contributed by atoms with Gasteiger partial charge in [-0.3, -0.25) is 0 Å². The van der Waals surface area contributed by atoms with Gasteiger partial charge >= 0.3 is 0 Å². The lowest BCUT2D eigenvalue weighted by Crippen LogP contribution is -2.10. The molecule has 90 valence electrons. The molecule has 0 fully saturated rings. The smallest absolute Gasteiger partial charge is 0.0603 e. The Kier molecular flexibility index (Phi) is 13.1. The van der Waals surface area contributed by atoms with Crippen LogP contribution in [0.2, 0.25) is 0 Å². The van der Waals surface area contributed by atoms with Gasteiger partial charge in [0.2, 0.25) is 0 Å². The summed E-state index contributed by atoms with van der Waals surface area (Å²) in [5.74, 6) is 0. The van der Waals surface area contributed by atoms with Crippen molar-refractivity contribution in [3.63, 3.8) is 0 Å². The molecule has 0 bridgehead atoms. The minimum atomic E-state index is 0.210. The minimum Gasteiger partial charge on any atom is -0.395 e. The summed E-state index contributed by atoms with van der Waals surface area (Å²) < 4.78 is 0. The van der Waals surface area contributed by atoms with Crippen LogP contribution < -0.4 is 5.32 Å². The molecule has 2 heteroatoms. The second-order valence-electron chi connectivity index (χ2n) is 3.99. The van der Waals surface area contributed by atoms with E-state index in [4.69, 9.17) is 5.11 Å². The van der Waals surface area contributed by atoms with Crippen LogP contribution in [0.1, 0.15) is 58.3 Å². The quantitative estimate of drug-likeness (QED) is 0.516. The molecule has 0 unspecified atom stereocenters. The first kappa shape index (κ1) is 14.5. The van der Waals surface area contributed by atoms with Gasteiger partial charge in [0.25, 0.3) is 0 Å². The number of hydrogen-bond acceptors (Lipinski definition) is 2. The van der Waals surface area contributed by atoms with Gasteiger partial charge in [-0.15, -0.1) is 0 Å². The fourth-order valence-corrected chi connectivity index (χ4v) is 1.53. The Morgan fingerprint density at radius 2 is 1.67 bits per heavy atom. The van der Waals surface area contributed by atoms with Crippen LogP contribution in [-0.4, -0.2) is 18.3 Å². The Morgan fingerprint density at radius 1 is 1.00 bits per heavy atom. The van der Waals surface area contributed by atoms with Gasteiger partial charge in [-0.25, -0.2) is 0 Å². The maximum Gasteiger partial charge on any atom is 0.0603 e. The minimum absolute atomic E-state index is 0.210. The molecule has 0 aliphatic heterocycles. The van der Waals surface area contributed by atoms with Gasteiger partial charge in [-0.1, -0.05) is 51.5 Å². The van der Waals surface area contributed by atoms with Crippen molar-refractivity contribution in [2.75, 3.05) is 13.2 Å². The molecule has 0 saturated heterocycles. The van der Waals surface area contributed by atoms with E-state index in [-0.39, 0.29) is 6.61 Å². The highest BCUT2D eigenvalue weighted by Crippen LogP contribution is 2.08. The number of allylic oxidation sites excluding steroid dienone is 1. The van der Waals surface area contributed by atoms with Gasteiger partial charge in [0, 0.05) is 6.54 Å². The molecule has 0 aliphatic carbocycles. The summed E-state index contributed by atoms with van der Waals surface area (Å²) in [6, 6.07) is 0. The summed E-state index contributed by atoms with van der Waals surface area (Å²) in [6.45, 7) is 3.12. The summed E-state index contributed by atoms with van der Waals surface area (Å²) in [5.41, 5.74) is 0. The summed E-state index contributed by atoms with van der Waals surface area (Å²) in [4.78, 5) is 0. The van der Waals surface area contributed by atoms with Gasteiger partial charge in [-0.2, -0.15) is 0 Å². The van der Waals surface area contributed by atoms with E-state index in [9.17, 15) is 0 Å². The summed E-state index contributed by atoms with van der Waals surface area (Å²) in [6.07, 6.45) is 14.8. The molecule has 0 saturated carbocycles. The number of hydrogen-bond donors (Lipinski definition) is 2. The Labute approximate surface area is 94.8 Å². The number of nitrogens with one attached hydrogen (secondary N) is 1. The van der Waals surface area contributed by atoms with Gasteiger partial charge < -0.3 is 10.4 Å². The molecule has 0 rings (SSSR count). The molecule has 0 aromatic rings. The van der Waals surface area contributed by atoms with Crippen molar-refractivity contribution in [1.29, 1.82) is 0 Å². The third-order valence-corrected chi connectivity index (χ3v) is 2.47. The second-order valence-corrected chi connectivity index (χ2v) is 3.99. The standard InChI is InChI=1S/C13H27NO/c1-2-3-4-5-6-7-8-9-10-11-14-12-13-15/h10-11,14-15H,2-9,12-13H2,1H3. The lowest BCUT2D eigenvalue weighted by Gasteiger charge is -1.99. The highest BCUT2D eigenvalue weighted by Gasteiger charge is 1.88. The van der Waals surface area contributed by atoms with E-state index in [1.54, 1.807) is 0 Å². The van der Waals surface area contributed by atoms with E-state index < -0.39 is 0 Å². The molecule has 0 heterocycles. The lowest BCUT2D eigenvalue weighted by molar-refractivity contribution is 0.298. The predicted octanol–water partition coefficient (Wildman–Crippen LogP) is 3.22. The van der Waals surface area contributed by atoms with Gasteiger partial charge in [0.15, 0.2) is 0 Å². The van der Waals surface area contributed by atoms with Crippen LogP contribution in [0.4, 0.5) is 0 Å². The van der Waals surface area contributed by atoms with Crippen molar-refractivity contribution in [3.05, 3.63) is 12.3 Å². The zero-order valence-electron chi connectivity index (χ0n) is 10.2. The van der Waals surface area contributed by atoms with Gasteiger partial charge in [-0.05, 0) is 19.0 Å². The SMILES string of the molecule is CCCCCCCCCC=CNCCO. The van der Waals surface area contributed by atoms with Gasteiger partial charge in [0.05, 0.1) is 6.61 Å². The number of rotatable bonds is 11. The predicted molar refractivity (Wildman–Crippen MR) is 66.8 cm³/mol. The van der Waals surface area contributed by atoms with E-state index in [1.165, 1.54) is 44.9 Å². The van der Waals surface area contributed by atoms with Crippen LogP contribution in [0.15, 0.2) is 12.3 Å². The molecule has 0 atom stereocenters.